The molecule has 0 atom stereocenters. The van der Waals surface area contributed by atoms with Gasteiger partial charge in [0.25, 0.3) is 0 Å². The van der Waals surface area contributed by atoms with Crippen LogP contribution in [-0.4, -0.2) is 5.16 Å². The van der Waals surface area contributed by atoms with Gasteiger partial charge in [-0.15, -0.1) is 0 Å². The molecule has 0 aliphatic heterocycles. The maximum Gasteiger partial charge on any atom is 0.141 e. The maximum atomic E-state index is 5.34. The van der Waals surface area contributed by atoms with Crippen LogP contribution in [0, 0.1) is 6.92 Å². The van der Waals surface area contributed by atoms with E-state index in [9.17, 15) is 0 Å². The van der Waals surface area contributed by atoms with E-state index >= 15 is 0 Å². The summed E-state index contributed by atoms with van der Waals surface area (Å²) in [6.45, 7) is 1.93. The topological polar surface area (TPSA) is 26.0 Å². The van der Waals surface area contributed by atoms with Gasteiger partial charge < -0.3 is 4.52 Å². The molecule has 0 saturated heterocycles. The molecule has 2 heteroatoms. The summed E-state index contributed by atoms with van der Waals surface area (Å²) in [6.07, 6.45) is 4.13. The van der Waals surface area contributed by atoms with E-state index < -0.39 is 0 Å². The third-order valence-corrected chi connectivity index (χ3v) is 3.20. The fraction of sp³-hybridized carbons (Fsp3) is 0.0556. The smallest absolute Gasteiger partial charge is 0.141 e. The molecule has 3 rings (SSSR count). The molecule has 0 saturated carbocycles. The normalized spacial score (nSPS) is 11.1. The third kappa shape index (κ3) is 2.54. The van der Waals surface area contributed by atoms with Gasteiger partial charge >= 0.3 is 0 Å². The molecule has 3 aromatic rings. The predicted molar refractivity (Wildman–Crippen MR) is 82.0 cm³/mol. The number of aryl methyl sites for hydroxylation is 1. The summed E-state index contributed by atoms with van der Waals surface area (Å²) in [6, 6.07) is 20.3. The standard InChI is InChI=1S/C18H15NO/c1-14-17(13-12-15-8-4-2-5-9-15)18(19-20-14)16-10-6-3-7-11-16/h2-13H,1H3. The van der Waals surface area contributed by atoms with Gasteiger partial charge in [0.15, 0.2) is 0 Å². The van der Waals surface area contributed by atoms with Gasteiger partial charge in [-0.3, -0.25) is 0 Å². The van der Waals surface area contributed by atoms with Crippen LogP contribution < -0.4 is 0 Å². The van der Waals surface area contributed by atoms with Crippen molar-refractivity contribution in [3.63, 3.8) is 0 Å². The van der Waals surface area contributed by atoms with Crippen molar-refractivity contribution in [3.05, 3.63) is 77.6 Å². The molecule has 0 radical (unpaired) electrons. The zero-order valence-electron chi connectivity index (χ0n) is 11.3. The van der Waals surface area contributed by atoms with E-state index in [1.807, 2.05) is 55.5 Å². The van der Waals surface area contributed by atoms with E-state index in [2.05, 4.69) is 29.4 Å². The van der Waals surface area contributed by atoms with Gasteiger partial charge in [0, 0.05) is 11.1 Å². The molecule has 0 bridgehead atoms. The highest BCUT2D eigenvalue weighted by Gasteiger charge is 2.11. The Morgan fingerprint density at radius 2 is 1.50 bits per heavy atom. The zero-order valence-corrected chi connectivity index (χ0v) is 11.3. The largest absolute Gasteiger partial charge is 0.360 e. The molecule has 1 heterocycles. The number of rotatable bonds is 3. The van der Waals surface area contributed by atoms with Crippen molar-refractivity contribution in [2.75, 3.05) is 0 Å². The minimum absolute atomic E-state index is 0.830. The second-order valence-electron chi connectivity index (χ2n) is 4.61. The first-order valence-electron chi connectivity index (χ1n) is 6.59. The second-order valence-corrected chi connectivity index (χ2v) is 4.61. The molecule has 2 aromatic carbocycles. The summed E-state index contributed by atoms with van der Waals surface area (Å²) in [7, 11) is 0. The van der Waals surface area contributed by atoms with E-state index in [-0.39, 0.29) is 0 Å². The number of aromatic nitrogens is 1. The van der Waals surface area contributed by atoms with Gasteiger partial charge in [-0.1, -0.05) is 71.9 Å². The second kappa shape index (κ2) is 5.57. The van der Waals surface area contributed by atoms with Crippen LogP contribution in [0.1, 0.15) is 16.9 Å². The molecule has 20 heavy (non-hydrogen) atoms. The van der Waals surface area contributed by atoms with Gasteiger partial charge in [0.2, 0.25) is 0 Å². The van der Waals surface area contributed by atoms with Crippen molar-refractivity contribution in [2.45, 2.75) is 6.92 Å². The molecule has 0 amide bonds. The summed E-state index contributed by atoms with van der Waals surface area (Å²) < 4.78 is 5.34. The Labute approximate surface area is 118 Å². The predicted octanol–water partition coefficient (Wildman–Crippen LogP) is 4.82. The quantitative estimate of drug-likeness (QED) is 0.675. The lowest BCUT2D eigenvalue weighted by Crippen LogP contribution is -1.81. The number of hydrogen-bond acceptors (Lipinski definition) is 2. The minimum atomic E-state index is 0.830. The van der Waals surface area contributed by atoms with E-state index in [1.54, 1.807) is 0 Å². The summed E-state index contributed by atoms with van der Waals surface area (Å²) in [4.78, 5) is 0. The fourth-order valence-electron chi connectivity index (χ4n) is 2.12. The monoisotopic (exact) mass is 261 g/mol. The number of benzene rings is 2. The first kappa shape index (κ1) is 12.4. The molecule has 0 aliphatic carbocycles. The van der Waals surface area contributed by atoms with Gasteiger partial charge in [0.05, 0.1) is 0 Å². The molecule has 0 aliphatic rings. The molecule has 0 spiro atoms. The van der Waals surface area contributed by atoms with Crippen LogP contribution in [-0.2, 0) is 0 Å². The Bertz CT molecular complexity index is 712. The summed E-state index contributed by atoms with van der Waals surface area (Å²) >= 11 is 0. The SMILES string of the molecule is Cc1onc(-c2ccccc2)c1C=Cc1ccccc1. The Morgan fingerprint density at radius 1 is 0.850 bits per heavy atom. The molecular formula is C18H15NO. The van der Waals surface area contributed by atoms with Gasteiger partial charge in [-0.05, 0) is 18.6 Å². The highest BCUT2D eigenvalue weighted by molar-refractivity contribution is 5.79. The molecule has 2 nitrogen and oxygen atoms in total. The van der Waals surface area contributed by atoms with Gasteiger partial charge in [-0.25, -0.2) is 0 Å². The van der Waals surface area contributed by atoms with Crippen molar-refractivity contribution in [1.82, 2.24) is 5.16 Å². The van der Waals surface area contributed by atoms with Crippen molar-refractivity contribution < 1.29 is 4.52 Å². The number of nitrogens with zero attached hydrogens (tertiary/aromatic N) is 1. The van der Waals surface area contributed by atoms with Crippen LogP contribution in [0.25, 0.3) is 23.4 Å². The maximum absolute atomic E-state index is 5.34. The molecule has 1 aromatic heterocycles. The lowest BCUT2D eigenvalue weighted by atomic mass is 10.1. The van der Waals surface area contributed by atoms with Crippen LogP contribution in [0.5, 0.6) is 0 Å². The molecule has 0 fully saturated rings. The highest BCUT2D eigenvalue weighted by atomic mass is 16.5. The van der Waals surface area contributed by atoms with Crippen molar-refractivity contribution >= 4 is 12.2 Å². The Morgan fingerprint density at radius 3 is 2.20 bits per heavy atom. The van der Waals surface area contributed by atoms with Gasteiger partial charge in [0.1, 0.15) is 11.5 Å². The lowest BCUT2D eigenvalue weighted by molar-refractivity contribution is 0.399. The Kier molecular flexibility index (Phi) is 3.46. The summed E-state index contributed by atoms with van der Waals surface area (Å²) in [5, 5.41) is 4.17. The highest BCUT2D eigenvalue weighted by Crippen LogP contribution is 2.26. The summed E-state index contributed by atoms with van der Waals surface area (Å²) in [5.41, 5.74) is 4.14. The Hall–Kier alpha value is -2.61. The first-order valence-corrected chi connectivity index (χ1v) is 6.59. The third-order valence-electron chi connectivity index (χ3n) is 3.20. The van der Waals surface area contributed by atoms with Crippen molar-refractivity contribution in [3.8, 4) is 11.3 Å². The molecular weight excluding hydrogens is 246 g/mol. The van der Waals surface area contributed by atoms with Crippen LogP contribution in [0.3, 0.4) is 0 Å². The van der Waals surface area contributed by atoms with Gasteiger partial charge in [-0.2, -0.15) is 0 Å². The average molecular weight is 261 g/mol. The van der Waals surface area contributed by atoms with Crippen LogP contribution in [0.2, 0.25) is 0 Å². The first-order chi connectivity index (χ1) is 9.84. The van der Waals surface area contributed by atoms with Crippen molar-refractivity contribution in [2.24, 2.45) is 0 Å². The van der Waals surface area contributed by atoms with Crippen LogP contribution in [0.4, 0.5) is 0 Å². The van der Waals surface area contributed by atoms with E-state index in [0.717, 1.165) is 28.1 Å². The Balaban J connectivity index is 1.98. The fourth-order valence-corrected chi connectivity index (χ4v) is 2.12. The molecule has 98 valence electrons. The summed E-state index contributed by atoms with van der Waals surface area (Å²) in [5.74, 6) is 0.830. The molecule has 0 unspecified atom stereocenters. The van der Waals surface area contributed by atoms with Crippen molar-refractivity contribution in [1.29, 1.82) is 0 Å². The van der Waals surface area contributed by atoms with E-state index in [0.29, 0.717) is 0 Å². The lowest BCUT2D eigenvalue weighted by Gasteiger charge is -1.98. The molecule has 0 N–H and O–H groups in total. The number of hydrogen-bond donors (Lipinski definition) is 0. The van der Waals surface area contributed by atoms with Crippen LogP contribution in [0.15, 0.2) is 65.2 Å². The van der Waals surface area contributed by atoms with Crippen LogP contribution >= 0.6 is 0 Å². The van der Waals surface area contributed by atoms with E-state index in [4.69, 9.17) is 4.52 Å². The zero-order chi connectivity index (χ0) is 13.8. The minimum Gasteiger partial charge on any atom is -0.360 e. The average Bonchev–Trinajstić information content (AvgIpc) is 2.88. The van der Waals surface area contributed by atoms with E-state index in [1.165, 1.54) is 0 Å².